The van der Waals surface area contributed by atoms with Crippen molar-refractivity contribution in [1.82, 2.24) is 0 Å². The van der Waals surface area contributed by atoms with Crippen molar-refractivity contribution in [1.29, 1.82) is 0 Å². The molecule has 0 radical (unpaired) electrons. The van der Waals surface area contributed by atoms with Crippen LogP contribution in [0.25, 0.3) is 0 Å². The maximum atomic E-state index is 12.6. The Morgan fingerprint density at radius 2 is 2.03 bits per heavy atom. The molecule has 1 fully saturated rings. The number of carbonyl (C=O) groups excluding carboxylic acids is 1. The van der Waals surface area contributed by atoms with E-state index in [0.29, 0.717) is 10.2 Å². The van der Waals surface area contributed by atoms with Gasteiger partial charge in [-0.15, -0.1) is 0 Å². The third-order valence-electron chi connectivity index (χ3n) is 5.20. The highest BCUT2D eigenvalue weighted by atomic mass is 35.5. The maximum Gasteiger partial charge on any atom is 0.234 e. The Morgan fingerprint density at radius 1 is 1.23 bits per heavy atom. The Labute approximate surface area is 185 Å². The Kier molecular flexibility index (Phi) is 6.09. The quantitative estimate of drug-likeness (QED) is 0.732. The van der Waals surface area contributed by atoms with E-state index in [1.54, 1.807) is 12.1 Å². The average molecular weight is 464 g/mol. The van der Waals surface area contributed by atoms with Crippen LogP contribution in [-0.4, -0.2) is 48.8 Å². The zero-order valence-corrected chi connectivity index (χ0v) is 18.8. The molecule has 0 aromatic heterocycles. The summed E-state index contributed by atoms with van der Waals surface area (Å²) < 4.78 is 24.3. The number of amides is 1. The molecule has 30 heavy (non-hydrogen) atoms. The molecule has 6 nitrogen and oxygen atoms in total. The number of aliphatic imine (C=N–C) groups is 1. The van der Waals surface area contributed by atoms with Gasteiger partial charge < -0.3 is 10.2 Å². The second-order valence-electron chi connectivity index (χ2n) is 7.32. The Hall–Kier alpha value is -2.03. The highest BCUT2D eigenvalue weighted by molar-refractivity contribution is 8.14. The lowest BCUT2D eigenvalue weighted by molar-refractivity contribution is -0.113. The number of fused-ring (bicyclic) bond motifs is 1. The molecule has 2 aromatic rings. The van der Waals surface area contributed by atoms with Gasteiger partial charge in [0.25, 0.3) is 0 Å². The summed E-state index contributed by atoms with van der Waals surface area (Å²) in [6.07, 6.45) is 0.830. The number of nitrogens with zero attached hydrogens (tertiary/aromatic N) is 2. The van der Waals surface area contributed by atoms with Crippen LogP contribution in [0, 0.1) is 0 Å². The number of rotatable bonds is 5. The van der Waals surface area contributed by atoms with Crippen LogP contribution in [0.5, 0.6) is 0 Å². The van der Waals surface area contributed by atoms with Gasteiger partial charge in [-0.25, -0.2) is 8.42 Å². The number of halogens is 1. The summed E-state index contributed by atoms with van der Waals surface area (Å²) in [5.41, 5.74) is 2.68. The smallest absolute Gasteiger partial charge is 0.234 e. The largest absolute Gasteiger partial charge is 0.325 e. The molecular weight excluding hydrogens is 442 g/mol. The zero-order valence-electron chi connectivity index (χ0n) is 16.4. The lowest BCUT2D eigenvalue weighted by atomic mass is 10.1. The highest BCUT2D eigenvalue weighted by Crippen LogP contribution is 2.36. The summed E-state index contributed by atoms with van der Waals surface area (Å²) in [4.78, 5) is 19.1. The third-order valence-corrected chi connectivity index (χ3v) is 8.10. The van der Waals surface area contributed by atoms with E-state index in [0.717, 1.165) is 23.4 Å². The standard InChI is InChI=1S/C21H22ClN3O3S2/c1-2-14-6-3-4-9-17(14)23-20(26)11-29-21-24-18-12-30(27,28)13-19(18)25(21)16-8-5-7-15(22)10-16/h3-10,18-19H,2,11-13H2,1H3,(H,23,26)/t18-,19-/m0/s1. The topological polar surface area (TPSA) is 78.8 Å². The number of anilines is 2. The first-order chi connectivity index (χ1) is 14.4. The van der Waals surface area contributed by atoms with Gasteiger partial charge in [0.1, 0.15) is 0 Å². The summed E-state index contributed by atoms with van der Waals surface area (Å²) in [5, 5.41) is 4.18. The second-order valence-corrected chi connectivity index (χ2v) is 10.9. The SMILES string of the molecule is CCc1ccccc1NC(=O)CSC1=N[C@H]2CS(=O)(=O)C[C@@H]2N1c1cccc(Cl)c1. The van der Waals surface area contributed by atoms with Gasteiger partial charge in [0.15, 0.2) is 15.0 Å². The molecular formula is C21H22ClN3O3S2. The molecule has 9 heteroatoms. The van der Waals surface area contributed by atoms with Crippen LogP contribution in [0.15, 0.2) is 53.5 Å². The van der Waals surface area contributed by atoms with Crippen molar-refractivity contribution in [3.05, 3.63) is 59.1 Å². The van der Waals surface area contributed by atoms with Crippen molar-refractivity contribution in [2.45, 2.75) is 25.4 Å². The molecule has 4 rings (SSSR count). The van der Waals surface area contributed by atoms with E-state index in [1.165, 1.54) is 11.8 Å². The molecule has 2 aromatic carbocycles. The monoisotopic (exact) mass is 463 g/mol. The van der Waals surface area contributed by atoms with Crippen molar-refractivity contribution in [3.8, 4) is 0 Å². The van der Waals surface area contributed by atoms with Gasteiger partial charge in [0.2, 0.25) is 5.91 Å². The van der Waals surface area contributed by atoms with Crippen LogP contribution in [0.4, 0.5) is 11.4 Å². The normalized spacial score (nSPS) is 21.9. The average Bonchev–Trinajstić information content (AvgIpc) is 3.17. The van der Waals surface area contributed by atoms with Crippen molar-refractivity contribution in [3.63, 3.8) is 0 Å². The highest BCUT2D eigenvalue weighted by Gasteiger charge is 2.47. The van der Waals surface area contributed by atoms with E-state index in [1.807, 2.05) is 48.2 Å². The van der Waals surface area contributed by atoms with Gasteiger partial charge in [-0.3, -0.25) is 9.79 Å². The number of nitrogens with one attached hydrogen (secondary N) is 1. The van der Waals surface area contributed by atoms with Crippen molar-refractivity contribution < 1.29 is 13.2 Å². The van der Waals surface area contributed by atoms with Crippen LogP contribution in [0.3, 0.4) is 0 Å². The number of hydrogen-bond donors (Lipinski definition) is 1. The Morgan fingerprint density at radius 3 is 2.80 bits per heavy atom. The number of amidine groups is 1. The summed E-state index contributed by atoms with van der Waals surface area (Å²) in [7, 11) is -3.13. The van der Waals surface area contributed by atoms with Crippen LogP contribution >= 0.6 is 23.4 Å². The number of sulfone groups is 1. The first-order valence-electron chi connectivity index (χ1n) is 9.70. The molecule has 0 saturated carbocycles. The number of thioether (sulfide) groups is 1. The predicted molar refractivity (Wildman–Crippen MR) is 125 cm³/mol. The minimum absolute atomic E-state index is 0.0366. The number of para-hydroxylation sites is 1. The molecule has 2 aliphatic rings. The molecule has 2 aliphatic heterocycles. The lowest BCUT2D eigenvalue weighted by Crippen LogP contribution is -2.39. The summed E-state index contributed by atoms with van der Waals surface area (Å²) >= 11 is 7.48. The maximum absolute atomic E-state index is 12.6. The molecule has 1 amide bonds. The lowest BCUT2D eigenvalue weighted by Gasteiger charge is -2.26. The third kappa shape index (κ3) is 4.50. The van der Waals surface area contributed by atoms with Crippen molar-refractivity contribution in [2.75, 3.05) is 27.5 Å². The second kappa shape index (κ2) is 8.61. The number of hydrogen-bond acceptors (Lipinski definition) is 6. The molecule has 0 aliphatic carbocycles. The Balaban J connectivity index is 1.51. The zero-order chi connectivity index (χ0) is 21.3. The van der Waals surface area contributed by atoms with Crippen molar-refractivity contribution >= 4 is 55.6 Å². The fourth-order valence-electron chi connectivity index (χ4n) is 3.83. The van der Waals surface area contributed by atoms with E-state index in [2.05, 4.69) is 10.3 Å². The van der Waals surface area contributed by atoms with Crippen LogP contribution in [-0.2, 0) is 21.1 Å². The van der Waals surface area contributed by atoms with E-state index >= 15 is 0 Å². The van der Waals surface area contributed by atoms with E-state index in [4.69, 9.17) is 11.6 Å². The molecule has 0 bridgehead atoms. The molecule has 0 unspecified atom stereocenters. The fraction of sp³-hybridized carbons (Fsp3) is 0.333. The molecule has 1 saturated heterocycles. The van der Waals surface area contributed by atoms with E-state index in [9.17, 15) is 13.2 Å². The molecule has 0 spiro atoms. The number of aryl methyl sites for hydroxylation is 1. The van der Waals surface area contributed by atoms with Gasteiger partial charge in [-0.1, -0.05) is 54.6 Å². The summed E-state index contributed by atoms with van der Waals surface area (Å²) in [6.45, 7) is 2.04. The van der Waals surface area contributed by atoms with E-state index < -0.39 is 9.84 Å². The number of carbonyl (C=O) groups is 1. The molecule has 1 N–H and O–H groups in total. The van der Waals surface area contributed by atoms with Crippen LogP contribution in [0.2, 0.25) is 5.02 Å². The molecule has 2 atom stereocenters. The van der Waals surface area contributed by atoms with Gasteiger partial charge in [-0.2, -0.15) is 0 Å². The minimum Gasteiger partial charge on any atom is -0.325 e. The van der Waals surface area contributed by atoms with Crippen LogP contribution in [0.1, 0.15) is 12.5 Å². The van der Waals surface area contributed by atoms with Gasteiger partial charge in [0.05, 0.1) is 29.3 Å². The summed E-state index contributed by atoms with van der Waals surface area (Å²) in [5.74, 6) is 0.141. The number of benzene rings is 2. The first kappa shape index (κ1) is 21.2. The minimum atomic E-state index is -3.13. The summed E-state index contributed by atoms with van der Waals surface area (Å²) in [6, 6.07) is 14.4. The van der Waals surface area contributed by atoms with E-state index in [-0.39, 0.29) is 35.2 Å². The van der Waals surface area contributed by atoms with Gasteiger partial charge in [0, 0.05) is 16.4 Å². The van der Waals surface area contributed by atoms with Gasteiger partial charge >= 0.3 is 0 Å². The van der Waals surface area contributed by atoms with Crippen molar-refractivity contribution in [2.24, 2.45) is 4.99 Å². The molecule has 2 heterocycles. The Bertz CT molecular complexity index is 1100. The first-order valence-corrected chi connectivity index (χ1v) is 12.9. The fourth-order valence-corrected chi connectivity index (χ4v) is 6.78. The van der Waals surface area contributed by atoms with Gasteiger partial charge in [-0.05, 0) is 36.2 Å². The van der Waals surface area contributed by atoms with Crippen LogP contribution < -0.4 is 10.2 Å². The molecule has 158 valence electrons. The predicted octanol–water partition coefficient (Wildman–Crippen LogP) is 3.62.